The average Bonchev–Trinajstić information content (AvgIpc) is 2.79. The smallest absolute Gasteiger partial charge is 0.257 e. The molecule has 8 nitrogen and oxygen atoms in total. The first-order chi connectivity index (χ1) is 14.6. The number of halogens is 1. The van der Waals surface area contributed by atoms with Crippen LogP contribution in [0.3, 0.4) is 0 Å². The van der Waals surface area contributed by atoms with Gasteiger partial charge in [-0.3, -0.25) is 4.79 Å². The van der Waals surface area contributed by atoms with Gasteiger partial charge in [0.05, 0.1) is 12.7 Å². The van der Waals surface area contributed by atoms with Crippen molar-refractivity contribution >= 4 is 35.0 Å². The third-order valence-electron chi connectivity index (χ3n) is 4.86. The molecule has 3 heterocycles. The molecule has 0 bridgehead atoms. The Labute approximate surface area is 179 Å². The highest BCUT2D eigenvalue weighted by Crippen LogP contribution is 2.25. The molecule has 1 aliphatic heterocycles. The predicted molar refractivity (Wildman–Crippen MR) is 116 cm³/mol. The highest BCUT2D eigenvalue weighted by Gasteiger charge is 2.25. The van der Waals surface area contributed by atoms with Crippen LogP contribution in [0.5, 0.6) is 5.75 Å². The molecule has 1 fully saturated rings. The van der Waals surface area contributed by atoms with E-state index < -0.39 is 0 Å². The molecule has 4 rings (SSSR count). The molecule has 1 amide bonds. The van der Waals surface area contributed by atoms with Crippen LogP contribution in [0, 0.1) is 0 Å². The van der Waals surface area contributed by atoms with Gasteiger partial charge in [0.2, 0.25) is 0 Å². The van der Waals surface area contributed by atoms with Gasteiger partial charge in [-0.2, -0.15) is 0 Å². The first-order valence-corrected chi connectivity index (χ1v) is 9.90. The minimum atomic E-state index is -0.0887. The van der Waals surface area contributed by atoms with Crippen molar-refractivity contribution in [3.63, 3.8) is 0 Å². The SMILES string of the molecule is COc1ccc(Cl)cc1C(=O)N1CCN(c2cc(Nc3ccccn3)ncn2)CC1. The van der Waals surface area contributed by atoms with Crippen molar-refractivity contribution in [2.24, 2.45) is 0 Å². The molecule has 0 spiro atoms. The van der Waals surface area contributed by atoms with E-state index in [1.807, 2.05) is 24.3 Å². The summed E-state index contributed by atoms with van der Waals surface area (Å²) in [5, 5.41) is 3.68. The maximum absolute atomic E-state index is 13.0. The van der Waals surface area contributed by atoms with E-state index >= 15 is 0 Å². The second-order valence-corrected chi connectivity index (χ2v) is 7.16. The molecule has 0 radical (unpaired) electrons. The number of benzene rings is 1. The fourth-order valence-electron chi connectivity index (χ4n) is 3.31. The summed E-state index contributed by atoms with van der Waals surface area (Å²) in [6, 6.07) is 12.6. The highest BCUT2D eigenvalue weighted by atomic mass is 35.5. The fraction of sp³-hybridized carbons (Fsp3) is 0.238. The van der Waals surface area contributed by atoms with Crippen LogP contribution in [0.25, 0.3) is 0 Å². The Balaban J connectivity index is 1.42. The molecule has 2 aromatic heterocycles. The van der Waals surface area contributed by atoms with Gasteiger partial charge < -0.3 is 19.9 Å². The number of pyridine rings is 1. The van der Waals surface area contributed by atoms with Gasteiger partial charge in [-0.05, 0) is 30.3 Å². The second-order valence-electron chi connectivity index (χ2n) is 6.73. The maximum atomic E-state index is 13.0. The lowest BCUT2D eigenvalue weighted by Crippen LogP contribution is -2.49. The number of amides is 1. The number of hydrogen-bond acceptors (Lipinski definition) is 7. The number of piperazine rings is 1. The number of anilines is 3. The zero-order valence-corrected chi connectivity index (χ0v) is 17.2. The largest absolute Gasteiger partial charge is 0.496 e. The van der Waals surface area contributed by atoms with Crippen molar-refractivity contribution in [2.45, 2.75) is 0 Å². The number of rotatable bonds is 5. The molecular formula is C21H21ClN6O2. The van der Waals surface area contributed by atoms with Gasteiger partial charge in [-0.15, -0.1) is 0 Å². The molecule has 0 atom stereocenters. The molecule has 0 aliphatic carbocycles. The van der Waals surface area contributed by atoms with Crippen molar-refractivity contribution < 1.29 is 9.53 Å². The summed E-state index contributed by atoms with van der Waals surface area (Å²) in [5.74, 6) is 2.62. The Hall–Kier alpha value is -3.39. The third-order valence-corrected chi connectivity index (χ3v) is 5.09. The van der Waals surface area contributed by atoms with Crippen molar-refractivity contribution in [3.8, 4) is 5.75 Å². The molecule has 9 heteroatoms. The Kier molecular flexibility index (Phi) is 5.94. The first-order valence-electron chi connectivity index (χ1n) is 9.52. The van der Waals surface area contributed by atoms with E-state index in [1.165, 1.54) is 6.33 Å². The molecule has 1 aliphatic rings. The van der Waals surface area contributed by atoms with Gasteiger partial charge in [-0.25, -0.2) is 15.0 Å². The standard InChI is InChI=1S/C21H21ClN6O2/c1-30-17-6-5-15(22)12-16(17)21(29)28-10-8-27(9-11-28)20-13-19(24-14-25-20)26-18-4-2-3-7-23-18/h2-7,12-14H,8-11H2,1H3,(H,23,24,25,26). The number of methoxy groups -OCH3 is 1. The number of carbonyl (C=O) groups is 1. The maximum Gasteiger partial charge on any atom is 0.257 e. The minimum Gasteiger partial charge on any atom is -0.496 e. The highest BCUT2D eigenvalue weighted by molar-refractivity contribution is 6.31. The number of ether oxygens (including phenoxy) is 1. The molecule has 0 unspecified atom stereocenters. The monoisotopic (exact) mass is 424 g/mol. The zero-order chi connectivity index (χ0) is 20.9. The lowest BCUT2D eigenvalue weighted by Gasteiger charge is -2.35. The van der Waals surface area contributed by atoms with Crippen molar-refractivity contribution in [3.05, 3.63) is 65.6 Å². The van der Waals surface area contributed by atoms with E-state index in [9.17, 15) is 4.79 Å². The number of hydrogen-bond donors (Lipinski definition) is 1. The molecule has 154 valence electrons. The summed E-state index contributed by atoms with van der Waals surface area (Å²) in [6.07, 6.45) is 3.24. The minimum absolute atomic E-state index is 0.0887. The lowest BCUT2D eigenvalue weighted by atomic mass is 10.1. The van der Waals surface area contributed by atoms with Crippen LogP contribution in [0.1, 0.15) is 10.4 Å². The summed E-state index contributed by atoms with van der Waals surface area (Å²) >= 11 is 6.07. The lowest BCUT2D eigenvalue weighted by molar-refractivity contribution is 0.0743. The Morgan fingerprint density at radius 1 is 1.03 bits per heavy atom. The van der Waals surface area contributed by atoms with E-state index in [1.54, 1.807) is 36.4 Å². The Morgan fingerprint density at radius 3 is 2.60 bits per heavy atom. The number of nitrogens with one attached hydrogen (secondary N) is 1. The molecular weight excluding hydrogens is 404 g/mol. The predicted octanol–water partition coefficient (Wildman–Crippen LogP) is 3.24. The molecule has 1 aromatic carbocycles. The summed E-state index contributed by atoms with van der Waals surface area (Å²) in [7, 11) is 1.55. The van der Waals surface area contributed by atoms with Gasteiger partial charge in [-0.1, -0.05) is 17.7 Å². The van der Waals surface area contributed by atoms with Crippen LogP contribution in [0.2, 0.25) is 5.02 Å². The summed E-state index contributed by atoms with van der Waals surface area (Å²) in [4.78, 5) is 29.8. The van der Waals surface area contributed by atoms with Crippen LogP contribution < -0.4 is 15.0 Å². The van der Waals surface area contributed by atoms with E-state index in [-0.39, 0.29) is 5.91 Å². The summed E-state index contributed by atoms with van der Waals surface area (Å²) in [6.45, 7) is 2.46. The van der Waals surface area contributed by atoms with E-state index in [0.717, 1.165) is 5.82 Å². The van der Waals surface area contributed by atoms with Crippen molar-refractivity contribution in [1.82, 2.24) is 19.9 Å². The average molecular weight is 425 g/mol. The third kappa shape index (κ3) is 4.44. The van der Waals surface area contributed by atoms with E-state index in [0.29, 0.717) is 54.2 Å². The number of aromatic nitrogens is 3. The second kappa shape index (κ2) is 8.96. The Bertz CT molecular complexity index is 1030. The zero-order valence-electron chi connectivity index (χ0n) is 16.5. The van der Waals surface area contributed by atoms with Crippen LogP contribution in [0.15, 0.2) is 55.0 Å². The van der Waals surface area contributed by atoms with Crippen molar-refractivity contribution in [1.29, 1.82) is 0 Å². The van der Waals surface area contributed by atoms with Crippen molar-refractivity contribution in [2.75, 3.05) is 43.5 Å². The molecule has 0 saturated carbocycles. The van der Waals surface area contributed by atoms with E-state index in [2.05, 4.69) is 25.2 Å². The van der Waals surface area contributed by atoms with Gasteiger partial charge in [0.15, 0.2) is 0 Å². The van der Waals surface area contributed by atoms with Crippen LogP contribution >= 0.6 is 11.6 Å². The first kappa shape index (κ1) is 19.9. The normalized spacial score (nSPS) is 13.8. The van der Waals surface area contributed by atoms with Crippen LogP contribution in [-0.4, -0.2) is 59.0 Å². The Morgan fingerprint density at radius 2 is 1.87 bits per heavy atom. The van der Waals surface area contributed by atoms with Gasteiger partial charge in [0, 0.05) is 43.5 Å². The topological polar surface area (TPSA) is 83.5 Å². The fourth-order valence-corrected chi connectivity index (χ4v) is 3.48. The summed E-state index contributed by atoms with van der Waals surface area (Å²) < 4.78 is 5.32. The molecule has 1 saturated heterocycles. The van der Waals surface area contributed by atoms with Gasteiger partial charge in [0.25, 0.3) is 5.91 Å². The quantitative estimate of drug-likeness (QED) is 0.673. The molecule has 1 N–H and O–H groups in total. The van der Waals surface area contributed by atoms with Crippen LogP contribution in [0.4, 0.5) is 17.5 Å². The number of carbonyl (C=O) groups excluding carboxylic acids is 1. The van der Waals surface area contributed by atoms with Gasteiger partial charge >= 0.3 is 0 Å². The number of nitrogens with zero attached hydrogens (tertiary/aromatic N) is 5. The van der Waals surface area contributed by atoms with Crippen LogP contribution in [-0.2, 0) is 0 Å². The van der Waals surface area contributed by atoms with E-state index in [4.69, 9.17) is 16.3 Å². The van der Waals surface area contributed by atoms with Gasteiger partial charge in [0.1, 0.15) is 29.5 Å². The summed E-state index contributed by atoms with van der Waals surface area (Å²) in [5.41, 5.74) is 0.474. The molecule has 30 heavy (non-hydrogen) atoms. The molecule has 3 aromatic rings.